The topological polar surface area (TPSA) is 38.5 Å². The van der Waals surface area contributed by atoms with E-state index in [-0.39, 0.29) is 5.41 Å². The first kappa shape index (κ1) is 17.2. The highest BCUT2D eigenvalue weighted by atomic mass is 16.5. The number of nitrogens with two attached hydrogens (primary N) is 1. The standard InChI is InChI=1S/C17H30N2O/c1-5-11-19(14-17(2,3)13-18)16(12-20-4)15-9-7-6-8-10-15/h6-10,16H,5,11-14,18H2,1-4H3. The van der Waals surface area contributed by atoms with E-state index in [1.165, 1.54) is 5.56 Å². The summed E-state index contributed by atoms with van der Waals surface area (Å²) in [6.07, 6.45) is 1.13. The third-order valence-electron chi connectivity index (χ3n) is 3.64. The Kier molecular flexibility index (Phi) is 7.20. The molecule has 0 fully saturated rings. The second kappa shape index (κ2) is 8.40. The largest absolute Gasteiger partial charge is 0.383 e. The van der Waals surface area contributed by atoms with Crippen molar-refractivity contribution in [2.24, 2.45) is 11.1 Å². The van der Waals surface area contributed by atoms with Gasteiger partial charge in [-0.3, -0.25) is 4.90 Å². The van der Waals surface area contributed by atoms with Crippen molar-refractivity contribution in [3.63, 3.8) is 0 Å². The maximum atomic E-state index is 5.91. The zero-order valence-corrected chi connectivity index (χ0v) is 13.4. The van der Waals surface area contributed by atoms with Gasteiger partial charge in [-0.15, -0.1) is 0 Å². The minimum absolute atomic E-state index is 0.121. The fourth-order valence-corrected chi connectivity index (χ4v) is 2.49. The molecule has 3 nitrogen and oxygen atoms in total. The molecular formula is C17H30N2O. The summed E-state index contributed by atoms with van der Waals surface area (Å²) in [6, 6.07) is 10.9. The van der Waals surface area contributed by atoms with Gasteiger partial charge in [0.25, 0.3) is 0 Å². The molecule has 1 aromatic rings. The molecule has 20 heavy (non-hydrogen) atoms. The van der Waals surface area contributed by atoms with Crippen molar-refractivity contribution in [1.29, 1.82) is 0 Å². The van der Waals surface area contributed by atoms with Crippen LogP contribution in [0.25, 0.3) is 0 Å². The van der Waals surface area contributed by atoms with Gasteiger partial charge in [0, 0.05) is 13.7 Å². The average molecular weight is 278 g/mol. The summed E-state index contributed by atoms with van der Waals surface area (Å²) in [7, 11) is 1.77. The molecule has 0 heterocycles. The quantitative estimate of drug-likeness (QED) is 0.754. The Morgan fingerprint density at radius 2 is 1.90 bits per heavy atom. The highest BCUT2D eigenvalue weighted by Crippen LogP contribution is 2.26. The molecule has 1 rings (SSSR count). The van der Waals surface area contributed by atoms with Crippen molar-refractivity contribution in [3.05, 3.63) is 35.9 Å². The lowest BCUT2D eigenvalue weighted by Crippen LogP contribution is -2.42. The van der Waals surface area contributed by atoms with Crippen molar-refractivity contribution in [2.75, 3.05) is 33.4 Å². The monoisotopic (exact) mass is 278 g/mol. The second-order valence-electron chi connectivity index (χ2n) is 6.22. The van der Waals surface area contributed by atoms with Gasteiger partial charge in [-0.25, -0.2) is 0 Å². The highest BCUT2D eigenvalue weighted by Gasteiger charge is 2.26. The molecule has 0 saturated heterocycles. The van der Waals surface area contributed by atoms with Gasteiger partial charge < -0.3 is 10.5 Å². The Morgan fingerprint density at radius 1 is 1.25 bits per heavy atom. The van der Waals surface area contributed by atoms with Crippen molar-refractivity contribution in [1.82, 2.24) is 4.90 Å². The molecule has 1 aromatic carbocycles. The van der Waals surface area contributed by atoms with Gasteiger partial charge >= 0.3 is 0 Å². The van der Waals surface area contributed by atoms with Crippen molar-refractivity contribution >= 4 is 0 Å². The van der Waals surface area contributed by atoms with Gasteiger partial charge in [0.2, 0.25) is 0 Å². The predicted octanol–water partition coefficient (Wildman–Crippen LogP) is 3.07. The number of hydrogen-bond acceptors (Lipinski definition) is 3. The molecule has 3 heteroatoms. The Labute approximate surface area is 124 Å². The summed E-state index contributed by atoms with van der Waals surface area (Å²) in [5.41, 5.74) is 7.34. The summed E-state index contributed by atoms with van der Waals surface area (Å²) in [4.78, 5) is 2.51. The molecule has 0 bridgehead atoms. The molecule has 0 aliphatic carbocycles. The highest BCUT2D eigenvalue weighted by molar-refractivity contribution is 5.19. The van der Waals surface area contributed by atoms with E-state index in [9.17, 15) is 0 Å². The lowest BCUT2D eigenvalue weighted by molar-refractivity contribution is 0.0645. The smallest absolute Gasteiger partial charge is 0.0659 e. The zero-order chi connectivity index (χ0) is 15.0. The van der Waals surface area contributed by atoms with E-state index >= 15 is 0 Å². The fourth-order valence-electron chi connectivity index (χ4n) is 2.49. The van der Waals surface area contributed by atoms with Crippen LogP contribution < -0.4 is 5.73 Å². The van der Waals surface area contributed by atoms with Crippen LogP contribution >= 0.6 is 0 Å². The van der Waals surface area contributed by atoms with Crippen LogP contribution in [0.4, 0.5) is 0 Å². The van der Waals surface area contributed by atoms with Gasteiger partial charge in [0.1, 0.15) is 0 Å². The molecule has 0 amide bonds. The van der Waals surface area contributed by atoms with Crippen molar-refractivity contribution in [3.8, 4) is 0 Å². The van der Waals surface area contributed by atoms with Crippen LogP contribution in [0.2, 0.25) is 0 Å². The number of methoxy groups -OCH3 is 1. The summed E-state index contributed by atoms with van der Waals surface area (Å²) >= 11 is 0. The fraction of sp³-hybridized carbons (Fsp3) is 0.647. The maximum Gasteiger partial charge on any atom is 0.0659 e. The summed E-state index contributed by atoms with van der Waals surface area (Å²) in [5.74, 6) is 0. The SMILES string of the molecule is CCCN(CC(C)(C)CN)C(COC)c1ccccc1. The van der Waals surface area contributed by atoms with E-state index in [0.29, 0.717) is 19.2 Å². The van der Waals surface area contributed by atoms with E-state index in [0.717, 1.165) is 19.5 Å². The predicted molar refractivity (Wildman–Crippen MR) is 85.8 cm³/mol. The third kappa shape index (κ3) is 5.23. The first-order chi connectivity index (χ1) is 9.54. The molecule has 1 unspecified atom stereocenters. The Bertz CT molecular complexity index is 365. The van der Waals surface area contributed by atoms with Crippen molar-refractivity contribution in [2.45, 2.75) is 33.2 Å². The molecule has 0 aliphatic rings. The Balaban J connectivity index is 2.94. The molecule has 1 atom stereocenters. The van der Waals surface area contributed by atoms with Gasteiger partial charge in [-0.05, 0) is 30.5 Å². The van der Waals surface area contributed by atoms with E-state index in [1.807, 2.05) is 0 Å². The first-order valence-electron chi connectivity index (χ1n) is 7.52. The minimum Gasteiger partial charge on any atom is -0.383 e. The molecule has 0 aliphatic heterocycles. The Hall–Kier alpha value is -0.900. The summed E-state index contributed by atoms with van der Waals surface area (Å²) in [5, 5.41) is 0. The molecule has 0 aromatic heterocycles. The third-order valence-corrected chi connectivity index (χ3v) is 3.64. The summed E-state index contributed by atoms with van der Waals surface area (Å²) in [6.45, 7) is 10.1. The van der Waals surface area contributed by atoms with Gasteiger partial charge in [0.15, 0.2) is 0 Å². The zero-order valence-electron chi connectivity index (χ0n) is 13.4. The van der Waals surface area contributed by atoms with Crippen LogP contribution in [0.3, 0.4) is 0 Å². The van der Waals surface area contributed by atoms with Crippen LogP contribution in [0.1, 0.15) is 38.8 Å². The number of rotatable bonds is 9. The molecule has 2 N–H and O–H groups in total. The van der Waals surface area contributed by atoms with E-state index in [2.05, 4.69) is 56.0 Å². The van der Waals surface area contributed by atoms with Gasteiger partial charge in [-0.2, -0.15) is 0 Å². The molecule has 0 saturated carbocycles. The van der Waals surface area contributed by atoms with E-state index in [1.54, 1.807) is 7.11 Å². The van der Waals surface area contributed by atoms with E-state index < -0.39 is 0 Å². The number of hydrogen-bond donors (Lipinski definition) is 1. The van der Waals surface area contributed by atoms with Gasteiger partial charge in [0.05, 0.1) is 12.6 Å². The van der Waals surface area contributed by atoms with Crippen LogP contribution in [0.5, 0.6) is 0 Å². The van der Waals surface area contributed by atoms with Crippen molar-refractivity contribution < 1.29 is 4.74 Å². The normalized spacial score (nSPS) is 13.7. The Morgan fingerprint density at radius 3 is 2.40 bits per heavy atom. The number of nitrogens with zero attached hydrogens (tertiary/aromatic N) is 1. The van der Waals surface area contributed by atoms with Crippen LogP contribution in [0.15, 0.2) is 30.3 Å². The maximum absolute atomic E-state index is 5.91. The van der Waals surface area contributed by atoms with Gasteiger partial charge in [-0.1, -0.05) is 51.1 Å². The van der Waals surface area contributed by atoms with Crippen LogP contribution in [-0.2, 0) is 4.74 Å². The average Bonchev–Trinajstić information content (AvgIpc) is 2.45. The number of ether oxygens (including phenoxy) is 1. The molecule has 0 spiro atoms. The second-order valence-corrected chi connectivity index (χ2v) is 6.22. The minimum atomic E-state index is 0.121. The van der Waals surface area contributed by atoms with Crippen LogP contribution in [0, 0.1) is 5.41 Å². The summed E-state index contributed by atoms with van der Waals surface area (Å²) < 4.78 is 5.46. The lowest BCUT2D eigenvalue weighted by atomic mass is 9.91. The van der Waals surface area contributed by atoms with E-state index in [4.69, 9.17) is 10.5 Å². The van der Waals surface area contributed by atoms with Crippen LogP contribution in [-0.4, -0.2) is 38.3 Å². The lowest BCUT2D eigenvalue weighted by Gasteiger charge is -2.37. The first-order valence-corrected chi connectivity index (χ1v) is 7.52. The molecular weight excluding hydrogens is 248 g/mol. The number of benzene rings is 1. The molecule has 0 radical (unpaired) electrons. The molecule has 114 valence electrons.